The lowest BCUT2D eigenvalue weighted by molar-refractivity contribution is 0.256. The van der Waals surface area contributed by atoms with Crippen molar-refractivity contribution in [3.8, 4) is 6.07 Å². The van der Waals surface area contributed by atoms with Crippen LogP contribution in [0.1, 0.15) is 12.0 Å². The summed E-state index contributed by atoms with van der Waals surface area (Å²) in [5.74, 6) is 0.815. The van der Waals surface area contributed by atoms with E-state index in [2.05, 4.69) is 31.2 Å². The highest BCUT2D eigenvalue weighted by molar-refractivity contribution is 6.30. The number of nitriles is 1. The van der Waals surface area contributed by atoms with Gasteiger partial charge in [-0.3, -0.25) is 4.90 Å². The van der Waals surface area contributed by atoms with E-state index in [9.17, 15) is 0 Å². The molecule has 1 fully saturated rings. The van der Waals surface area contributed by atoms with Crippen molar-refractivity contribution in [1.29, 1.82) is 5.26 Å². The van der Waals surface area contributed by atoms with E-state index in [1.54, 1.807) is 24.5 Å². The van der Waals surface area contributed by atoms with Gasteiger partial charge in [0.1, 0.15) is 6.07 Å². The standard InChI is InChI=1S/C18H21ClN6/c19-16-3-4-17(15(13-16)14-20)21-7-2-8-24-9-11-25(12-10-24)18-22-5-1-6-23-18/h1,3-6,13,21H,2,7-12H2. The van der Waals surface area contributed by atoms with Gasteiger partial charge in [0, 0.05) is 50.1 Å². The summed E-state index contributed by atoms with van der Waals surface area (Å²) in [5, 5.41) is 13.1. The number of nitrogens with one attached hydrogen (secondary N) is 1. The minimum absolute atomic E-state index is 0.586. The van der Waals surface area contributed by atoms with Gasteiger partial charge >= 0.3 is 0 Å². The van der Waals surface area contributed by atoms with E-state index in [1.165, 1.54) is 0 Å². The Morgan fingerprint density at radius 3 is 2.64 bits per heavy atom. The fraction of sp³-hybridized carbons (Fsp3) is 0.389. The number of anilines is 2. The summed E-state index contributed by atoms with van der Waals surface area (Å²) in [7, 11) is 0. The van der Waals surface area contributed by atoms with Crippen LogP contribution >= 0.6 is 11.6 Å². The molecule has 0 unspecified atom stereocenters. The largest absolute Gasteiger partial charge is 0.384 e. The van der Waals surface area contributed by atoms with Crippen molar-refractivity contribution >= 4 is 23.2 Å². The highest BCUT2D eigenvalue weighted by atomic mass is 35.5. The summed E-state index contributed by atoms with van der Waals surface area (Å²) in [4.78, 5) is 13.3. The van der Waals surface area contributed by atoms with Crippen molar-refractivity contribution in [2.45, 2.75) is 6.42 Å². The Bertz CT molecular complexity index is 722. The minimum atomic E-state index is 0.586. The molecule has 0 amide bonds. The first-order chi connectivity index (χ1) is 12.3. The number of rotatable bonds is 6. The van der Waals surface area contributed by atoms with E-state index in [0.29, 0.717) is 10.6 Å². The Morgan fingerprint density at radius 2 is 1.92 bits per heavy atom. The van der Waals surface area contributed by atoms with Gasteiger partial charge in [-0.05, 0) is 37.2 Å². The lowest BCUT2D eigenvalue weighted by Gasteiger charge is -2.34. The van der Waals surface area contributed by atoms with Gasteiger partial charge in [0.05, 0.1) is 11.3 Å². The van der Waals surface area contributed by atoms with E-state index >= 15 is 0 Å². The molecule has 1 aliphatic heterocycles. The van der Waals surface area contributed by atoms with Gasteiger partial charge in [-0.15, -0.1) is 0 Å². The van der Waals surface area contributed by atoms with Gasteiger partial charge in [0.2, 0.25) is 5.95 Å². The van der Waals surface area contributed by atoms with Crippen LogP contribution in [0.2, 0.25) is 5.02 Å². The third-order valence-corrected chi connectivity index (χ3v) is 4.51. The number of hydrogen-bond acceptors (Lipinski definition) is 6. The molecule has 2 aromatic rings. The third kappa shape index (κ3) is 4.81. The first-order valence-corrected chi connectivity index (χ1v) is 8.82. The second-order valence-corrected chi connectivity index (χ2v) is 6.40. The van der Waals surface area contributed by atoms with Gasteiger partial charge < -0.3 is 10.2 Å². The molecule has 0 atom stereocenters. The quantitative estimate of drug-likeness (QED) is 0.802. The molecule has 25 heavy (non-hydrogen) atoms. The van der Waals surface area contributed by atoms with E-state index in [0.717, 1.165) is 57.3 Å². The molecule has 0 spiro atoms. The molecule has 2 heterocycles. The highest BCUT2D eigenvalue weighted by Gasteiger charge is 2.18. The van der Waals surface area contributed by atoms with Crippen molar-refractivity contribution in [2.24, 2.45) is 0 Å². The molecule has 1 aromatic carbocycles. The highest BCUT2D eigenvalue weighted by Crippen LogP contribution is 2.19. The SMILES string of the molecule is N#Cc1cc(Cl)ccc1NCCCN1CCN(c2ncccn2)CC1. The van der Waals surface area contributed by atoms with Crippen molar-refractivity contribution in [3.63, 3.8) is 0 Å². The van der Waals surface area contributed by atoms with Gasteiger partial charge in [-0.2, -0.15) is 5.26 Å². The molecule has 0 bridgehead atoms. The van der Waals surface area contributed by atoms with Crippen LogP contribution in [0.25, 0.3) is 0 Å². The zero-order valence-corrected chi connectivity index (χ0v) is 14.8. The fourth-order valence-corrected chi connectivity index (χ4v) is 3.09. The van der Waals surface area contributed by atoms with Crippen LogP contribution in [-0.2, 0) is 0 Å². The summed E-state index contributed by atoms with van der Waals surface area (Å²) >= 11 is 5.92. The van der Waals surface area contributed by atoms with E-state index in [1.807, 2.05) is 12.1 Å². The van der Waals surface area contributed by atoms with Gasteiger partial charge in [0.25, 0.3) is 0 Å². The third-order valence-electron chi connectivity index (χ3n) is 4.28. The molecule has 130 valence electrons. The van der Waals surface area contributed by atoms with Crippen molar-refractivity contribution < 1.29 is 0 Å². The molecule has 1 aliphatic rings. The van der Waals surface area contributed by atoms with E-state index in [-0.39, 0.29) is 0 Å². The van der Waals surface area contributed by atoms with Crippen LogP contribution in [0.3, 0.4) is 0 Å². The molecule has 1 N–H and O–H groups in total. The maximum Gasteiger partial charge on any atom is 0.225 e. The Hall–Kier alpha value is -2.36. The van der Waals surface area contributed by atoms with Crippen molar-refractivity contribution in [3.05, 3.63) is 47.2 Å². The molecule has 1 saturated heterocycles. The van der Waals surface area contributed by atoms with E-state index in [4.69, 9.17) is 16.9 Å². The monoisotopic (exact) mass is 356 g/mol. The Labute approximate surface area is 153 Å². The molecular formula is C18H21ClN6. The number of halogens is 1. The molecule has 6 nitrogen and oxygen atoms in total. The number of nitrogens with zero attached hydrogens (tertiary/aromatic N) is 5. The van der Waals surface area contributed by atoms with E-state index < -0.39 is 0 Å². The molecule has 0 aliphatic carbocycles. The van der Waals surface area contributed by atoms with Gasteiger partial charge in [0.15, 0.2) is 0 Å². The second-order valence-electron chi connectivity index (χ2n) is 5.96. The first-order valence-electron chi connectivity index (χ1n) is 8.44. The number of piperazine rings is 1. The second kappa shape index (κ2) is 8.65. The summed E-state index contributed by atoms with van der Waals surface area (Å²) in [6, 6.07) is 9.36. The minimum Gasteiger partial charge on any atom is -0.384 e. The normalized spacial score (nSPS) is 15.0. The smallest absolute Gasteiger partial charge is 0.225 e. The molecule has 3 rings (SSSR count). The van der Waals surface area contributed by atoms with Gasteiger partial charge in [-0.25, -0.2) is 9.97 Å². The van der Waals surface area contributed by atoms with Crippen LogP contribution in [0.4, 0.5) is 11.6 Å². The molecular weight excluding hydrogens is 336 g/mol. The summed E-state index contributed by atoms with van der Waals surface area (Å²) in [6.45, 7) is 5.80. The van der Waals surface area contributed by atoms with Crippen molar-refractivity contribution in [2.75, 3.05) is 49.5 Å². The summed E-state index contributed by atoms with van der Waals surface area (Å²) in [5.41, 5.74) is 1.43. The maximum atomic E-state index is 9.15. The average Bonchev–Trinajstić information content (AvgIpc) is 2.67. The Kier molecular flexibility index (Phi) is 6.04. The molecule has 7 heteroatoms. The topological polar surface area (TPSA) is 68.1 Å². The number of benzene rings is 1. The van der Waals surface area contributed by atoms with Crippen LogP contribution in [0.5, 0.6) is 0 Å². The van der Waals surface area contributed by atoms with Crippen LogP contribution < -0.4 is 10.2 Å². The van der Waals surface area contributed by atoms with Crippen LogP contribution in [0, 0.1) is 11.3 Å². The fourth-order valence-electron chi connectivity index (χ4n) is 2.91. The molecule has 0 saturated carbocycles. The summed E-state index contributed by atoms with van der Waals surface area (Å²) < 4.78 is 0. The predicted molar refractivity (Wildman–Crippen MR) is 100.0 cm³/mol. The summed E-state index contributed by atoms with van der Waals surface area (Å²) in [6.07, 6.45) is 4.59. The Balaban J connectivity index is 1.39. The lowest BCUT2D eigenvalue weighted by Crippen LogP contribution is -2.47. The van der Waals surface area contributed by atoms with Crippen molar-refractivity contribution in [1.82, 2.24) is 14.9 Å². The van der Waals surface area contributed by atoms with Crippen LogP contribution in [0.15, 0.2) is 36.7 Å². The molecule has 0 radical (unpaired) electrons. The maximum absolute atomic E-state index is 9.15. The number of hydrogen-bond donors (Lipinski definition) is 1. The average molecular weight is 357 g/mol. The van der Waals surface area contributed by atoms with Crippen LogP contribution in [-0.4, -0.2) is 54.1 Å². The first kappa shape index (κ1) is 17.5. The Morgan fingerprint density at radius 1 is 1.16 bits per heavy atom. The zero-order valence-electron chi connectivity index (χ0n) is 14.0. The van der Waals surface area contributed by atoms with Gasteiger partial charge in [-0.1, -0.05) is 11.6 Å². The molecule has 1 aromatic heterocycles. The predicted octanol–water partition coefficient (Wildman–Crippen LogP) is 2.63. The lowest BCUT2D eigenvalue weighted by atomic mass is 10.2. The zero-order chi connectivity index (χ0) is 17.5. The number of aromatic nitrogens is 2.